The lowest BCUT2D eigenvalue weighted by Gasteiger charge is -2.45. The average molecular weight is 287 g/mol. The molecule has 2 rings (SSSR count). The van der Waals surface area contributed by atoms with Gasteiger partial charge in [0.05, 0.1) is 0 Å². The Labute approximate surface area is 119 Å². The first-order chi connectivity index (χ1) is 8.55. The third-order valence-corrected chi connectivity index (χ3v) is 4.55. The Bertz CT molecular complexity index is 422. The maximum Gasteiger partial charge on any atom is 0.0465 e. The number of halogens is 2. The molecule has 100 valence electrons. The van der Waals surface area contributed by atoms with Gasteiger partial charge in [-0.3, -0.25) is 4.90 Å². The number of hydrogen-bond donors (Lipinski definition) is 1. The Morgan fingerprint density at radius 3 is 2.83 bits per heavy atom. The van der Waals surface area contributed by atoms with Gasteiger partial charge in [0.15, 0.2) is 0 Å². The van der Waals surface area contributed by atoms with Crippen molar-refractivity contribution in [2.75, 3.05) is 19.6 Å². The van der Waals surface area contributed by atoms with Crippen molar-refractivity contribution in [1.29, 1.82) is 0 Å². The van der Waals surface area contributed by atoms with E-state index in [1.165, 1.54) is 0 Å². The molecule has 1 fully saturated rings. The highest BCUT2D eigenvalue weighted by Crippen LogP contribution is 2.27. The van der Waals surface area contributed by atoms with Crippen molar-refractivity contribution >= 4 is 23.2 Å². The second-order valence-corrected chi connectivity index (χ2v) is 6.03. The summed E-state index contributed by atoms with van der Waals surface area (Å²) in [6, 6.07) is 5.76. The zero-order valence-corrected chi connectivity index (χ0v) is 12.5. The highest BCUT2D eigenvalue weighted by molar-refractivity contribution is 6.35. The third-order valence-electron chi connectivity index (χ3n) is 3.97. The Morgan fingerprint density at radius 2 is 2.17 bits per heavy atom. The molecule has 18 heavy (non-hydrogen) atoms. The predicted octanol–water partition coefficient (Wildman–Crippen LogP) is 3.57. The maximum atomic E-state index is 6.26. The number of piperazine rings is 1. The van der Waals surface area contributed by atoms with E-state index in [9.17, 15) is 0 Å². The van der Waals surface area contributed by atoms with Gasteiger partial charge in [-0.25, -0.2) is 0 Å². The van der Waals surface area contributed by atoms with Crippen molar-refractivity contribution in [2.24, 2.45) is 0 Å². The van der Waals surface area contributed by atoms with Gasteiger partial charge in [0.25, 0.3) is 0 Å². The topological polar surface area (TPSA) is 15.3 Å². The van der Waals surface area contributed by atoms with Crippen molar-refractivity contribution < 1.29 is 0 Å². The van der Waals surface area contributed by atoms with E-state index in [1.807, 2.05) is 18.2 Å². The van der Waals surface area contributed by atoms with E-state index in [2.05, 4.69) is 24.1 Å². The summed E-state index contributed by atoms with van der Waals surface area (Å²) in [4.78, 5) is 2.51. The van der Waals surface area contributed by atoms with Gasteiger partial charge in [0, 0.05) is 41.8 Å². The molecule has 1 saturated heterocycles. The minimum absolute atomic E-state index is 0.210. The molecule has 1 aromatic rings. The molecule has 0 aliphatic carbocycles. The van der Waals surface area contributed by atoms with Crippen molar-refractivity contribution in [2.45, 2.75) is 32.4 Å². The molecule has 1 heterocycles. The summed E-state index contributed by atoms with van der Waals surface area (Å²) in [6.45, 7) is 8.58. The molecule has 0 spiro atoms. The monoisotopic (exact) mass is 286 g/mol. The second kappa shape index (κ2) is 5.79. The Hall–Kier alpha value is -0.280. The molecule has 0 bridgehead atoms. The van der Waals surface area contributed by atoms with Crippen LogP contribution in [0.25, 0.3) is 0 Å². The molecule has 1 aromatic carbocycles. The minimum atomic E-state index is 0.210. The molecule has 2 nitrogen and oxygen atoms in total. The summed E-state index contributed by atoms with van der Waals surface area (Å²) in [5, 5.41) is 4.93. The van der Waals surface area contributed by atoms with Crippen LogP contribution in [-0.4, -0.2) is 30.1 Å². The van der Waals surface area contributed by atoms with E-state index in [0.29, 0.717) is 5.02 Å². The summed E-state index contributed by atoms with van der Waals surface area (Å²) in [5.41, 5.74) is 1.36. The fourth-order valence-corrected chi connectivity index (χ4v) is 2.90. The molecule has 1 N–H and O–H groups in total. The van der Waals surface area contributed by atoms with Crippen molar-refractivity contribution in [1.82, 2.24) is 10.2 Å². The van der Waals surface area contributed by atoms with Gasteiger partial charge in [0.2, 0.25) is 0 Å². The van der Waals surface area contributed by atoms with Crippen LogP contribution < -0.4 is 5.32 Å². The fourth-order valence-electron chi connectivity index (χ4n) is 2.43. The number of hydrogen-bond acceptors (Lipinski definition) is 2. The number of benzene rings is 1. The van der Waals surface area contributed by atoms with Gasteiger partial charge in [-0.1, -0.05) is 36.2 Å². The van der Waals surface area contributed by atoms with E-state index >= 15 is 0 Å². The molecule has 0 saturated carbocycles. The molecule has 1 atom stereocenters. The Kier molecular flexibility index (Phi) is 4.54. The summed E-state index contributed by atoms with van der Waals surface area (Å²) < 4.78 is 0. The number of nitrogens with zero attached hydrogens (tertiary/aromatic N) is 1. The average Bonchev–Trinajstić information content (AvgIpc) is 2.35. The normalized spacial score (nSPS) is 25.3. The summed E-state index contributed by atoms with van der Waals surface area (Å²) in [6.07, 6.45) is 1.13. The van der Waals surface area contributed by atoms with Crippen LogP contribution in [0.15, 0.2) is 18.2 Å². The van der Waals surface area contributed by atoms with Gasteiger partial charge in [-0.2, -0.15) is 0 Å². The van der Waals surface area contributed by atoms with E-state index in [4.69, 9.17) is 23.2 Å². The molecular weight excluding hydrogens is 267 g/mol. The smallest absolute Gasteiger partial charge is 0.0465 e. The van der Waals surface area contributed by atoms with Gasteiger partial charge in [0.1, 0.15) is 0 Å². The molecule has 0 amide bonds. The fraction of sp³-hybridized carbons (Fsp3) is 0.571. The zero-order valence-electron chi connectivity index (χ0n) is 11.0. The lowest BCUT2D eigenvalue weighted by Crippen LogP contribution is -2.58. The summed E-state index contributed by atoms with van der Waals surface area (Å²) >= 11 is 12.2. The minimum Gasteiger partial charge on any atom is -0.314 e. The maximum absolute atomic E-state index is 6.26. The Balaban J connectivity index is 2.16. The van der Waals surface area contributed by atoms with Crippen LogP contribution in [0.5, 0.6) is 0 Å². The molecule has 1 unspecified atom stereocenters. The molecule has 0 aromatic heterocycles. The van der Waals surface area contributed by atoms with Gasteiger partial charge < -0.3 is 5.32 Å². The number of nitrogens with one attached hydrogen (secondary N) is 1. The first-order valence-corrected chi connectivity index (χ1v) is 7.20. The summed E-state index contributed by atoms with van der Waals surface area (Å²) in [7, 11) is 0. The van der Waals surface area contributed by atoms with E-state index in [1.54, 1.807) is 0 Å². The van der Waals surface area contributed by atoms with Crippen LogP contribution in [0.3, 0.4) is 0 Å². The van der Waals surface area contributed by atoms with Crippen LogP contribution >= 0.6 is 23.2 Å². The molecule has 1 aliphatic rings. The SMILES string of the molecule is CCC1(C)CNCCN1Cc1ccc(Cl)cc1Cl. The van der Waals surface area contributed by atoms with E-state index < -0.39 is 0 Å². The molecular formula is C14H20Cl2N2. The van der Waals surface area contributed by atoms with Crippen LogP contribution in [0.4, 0.5) is 0 Å². The second-order valence-electron chi connectivity index (χ2n) is 5.18. The summed E-state index contributed by atoms with van der Waals surface area (Å²) in [5.74, 6) is 0. The largest absolute Gasteiger partial charge is 0.314 e. The van der Waals surface area contributed by atoms with Crippen LogP contribution in [0.2, 0.25) is 10.0 Å². The predicted molar refractivity (Wildman–Crippen MR) is 78.4 cm³/mol. The van der Waals surface area contributed by atoms with Crippen LogP contribution in [0.1, 0.15) is 25.8 Å². The van der Waals surface area contributed by atoms with Crippen LogP contribution in [-0.2, 0) is 6.54 Å². The standard InChI is InChI=1S/C14H20Cl2N2/c1-3-14(2)10-17-6-7-18(14)9-11-4-5-12(15)8-13(11)16/h4-5,8,17H,3,6-7,9-10H2,1-2H3. The lowest BCUT2D eigenvalue weighted by molar-refractivity contribution is 0.0638. The van der Waals surface area contributed by atoms with Crippen molar-refractivity contribution in [3.8, 4) is 0 Å². The molecule has 0 radical (unpaired) electrons. The molecule has 1 aliphatic heterocycles. The van der Waals surface area contributed by atoms with Crippen LogP contribution in [0, 0.1) is 0 Å². The van der Waals surface area contributed by atoms with Crippen molar-refractivity contribution in [3.05, 3.63) is 33.8 Å². The van der Waals surface area contributed by atoms with Gasteiger partial charge in [-0.15, -0.1) is 0 Å². The zero-order chi connectivity index (χ0) is 13.2. The lowest BCUT2D eigenvalue weighted by atomic mass is 9.93. The van der Waals surface area contributed by atoms with E-state index in [0.717, 1.165) is 43.2 Å². The number of rotatable bonds is 3. The van der Waals surface area contributed by atoms with Crippen molar-refractivity contribution in [3.63, 3.8) is 0 Å². The third kappa shape index (κ3) is 3.00. The van der Waals surface area contributed by atoms with Gasteiger partial charge >= 0.3 is 0 Å². The van der Waals surface area contributed by atoms with E-state index in [-0.39, 0.29) is 5.54 Å². The first-order valence-electron chi connectivity index (χ1n) is 6.45. The first kappa shape index (κ1) is 14.1. The quantitative estimate of drug-likeness (QED) is 0.914. The van der Waals surface area contributed by atoms with Gasteiger partial charge in [-0.05, 0) is 31.0 Å². The highest BCUT2D eigenvalue weighted by atomic mass is 35.5. The Morgan fingerprint density at radius 1 is 1.39 bits per heavy atom. The highest BCUT2D eigenvalue weighted by Gasteiger charge is 2.32. The molecule has 4 heteroatoms.